The number of esters is 1. The molecular weight excluding hydrogens is 503 g/mol. The van der Waals surface area contributed by atoms with Crippen LogP contribution in [0, 0.1) is 11.3 Å². The number of hydrogen-bond donors (Lipinski definition) is 1. The number of amides is 1. The van der Waals surface area contributed by atoms with Crippen molar-refractivity contribution in [3.8, 4) is 17.3 Å². The molecule has 3 aromatic rings. The number of carbonyl (C=O) groups excluding carboxylic acids is 2. The van der Waals surface area contributed by atoms with Crippen molar-refractivity contribution in [2.24, 2.45) is 0 Å². The van der Waals surface area contributed by atoms with E-state index in [0.717, 1.165) is 6.07 Å². The van der Waals surface area contributed by atoms with Crippen LogP contribution in [0.4, 0.5) is 18.9 Å². The van der Waals surface area contributed by atoms with E-state index in [4.69, 9.17) is 16.3 Å². The maximum Gasteiger partial charge on any atom is 0.417 e. The fourth-order valence-electron chi connectivity index (χ4n) is 2.96. The van der Waals surface area contributed by atoms with Crippen LogP contribution in [0.15, 0.2) is 59.6 Å². The van der Waals surface area contributed by atoms with Crippen molar-refractivity contribution < 1.29 is 27.5 Å². The number of rotatable bonds is 7. The Bertz CT molecular complexity index is 1270. The van der Waals surface area contributed by atoms with E-state index in [1.54, 1.807) is 13.0 Å². The number of carbonyl (C=O) groups is 2. The highest BCUT2D eigenvalue weighted by Gasteiger charge is 2.36. The SMILES string of the molecule is CCOC(=O)c1ccc(NC(=O)CSc2nc(-c3ccc(Cl)cc3)cc(C(F)(F)F)c2C#N)cc1. The molecule has 2 aromatic carbocycles. The highest BCUT2D eigenvalue weighted by atomic mass is 35.5. The topological polar surface area (TPSA) is 92.1 Å². The van der Waals surface area contributed by atoms with Crippen LogP contribution in [0.25, 0.3) is 11.3 Å². The minimum Gasteiger partial charge on any atom is -0.462 e. The smallest absolute Gasteiger partial charge is 0.417 e. The summed E-state index contributed by atoms with van der Waals surface area (Å²) in [6.45, 7) is 1.90. The van der Waals surface area contributed by atoms with Crippen molar-refractivity contribution in [2.45, 2.75) is 18.1 Å². The summed E-state index contributed by atoms with van der Waals surface area (Å²) in [6.07, 6.45) is -4.80. The summed E-state index contributed by atoms with van der Waals surface area (Å²) in [6, 6.07) is 14.3. The van der Waals surface area contributed by atoms with Gasteiger partial charge in [0.2, 0.25) is 5.91 Å². The third kappa shape index (κ3) is 6.74. The number of anilines is 1. The van der Waals surface area contributed by atoms with E-state index in [1.165, 1.54) is 48.5 Å². The Hall–Kier alpha value is -3.55. The Balaban J connectivity index is 1.81. The number of hydrogen-bond acceptors (Lipinski definition) is 6. The summed E-state index contributed by atoms with van der Waals surface area (Å²) >= 11 is 6.57. The molecule has 0 spiro atoms. The van der Waals surface area contributed by atoms with E-state index in [1.807, 2.05) is 0 Å². The van der Waals surface area contributed by atoms with Crippen LogP contribution < -0.4 is 5.32 Å². The molecule has 0 atom stereocenters. The molecule has 0 aliphatic rings. The summed E-state index contributed by atoms with van der Waals surface area (Å²) in [5, 5.41) is 12.2. The first-order valence-electron chi connectivity index (χ1n) is 10.1. The van der Waals surface area contributed by atoms with Crippen molar-refractivity contribution in [1.29, 1.82) is 5.26 Å². The Kier molecular flexibility index (Phi) is 8.38. The lowest BCUT2D eigenvalue weighted by Gasteiger charge is -2.14. The van der Waals surface area contributed by atoms with Crippen LogP contribution in [0.3, 0.4) is 0 Å². The van der Waals surface area contributed by atoms with Gasteiger partial charge in [-0.3, -0.25) is 4.79 Å². The van der Waals surface area contributed by atoms with Gasteiger partial charge < -0.3 is 10.1 Å². The zero-order chi connectivity index (χ0) is 25.6. The van der Waals surface area contributed by atoms with Crippen LogP contribution in [0.5, 0.6) is 0 Å². The molecule has 35 heavy (non-hydrogen) atoms. The standard InChI is InChI=1S/C24H17ClF3N3O3S/c1-2-34-23(33)15-5-9-17(10-6-15)30-21(32)13-35-22-18(12-29)19(24(26,27)28)11-20(31-22)14-3-7-16(25)8-4-14/h3-11H,2,13H2,1H3,(H,30,32). The Labute approximate surface area is 208 Å². The predicted octanol–water partition coefficient (Wildman–Crippen LogP) is 6.20. The molecule has 0 bridgehead atoms. The molecule has 1 amide bonds. The van der Waals surface area contributed by atoms with Gasteiger partial charge in [0.05, 0.1) is 34.7 Å². The van der Waals surface area contributed by atoms with Gasteiger partial charge in [0.25, 0.3) is 0 Å². The second kappa shape index (κ2) is 11.3. The van der Waals surface area contributed by atoms with Crippen molar-refractivity contribution in [3.05, 3.63) is 76.3 Å². The first-order valence-corrected chi connectivity index (χ1v) is 11.5. The van der Waals surface area contributed by atoms with Gasteiger partial charge >= 0.3 is 12.1 Å². The summed E-state index contributed by atoms with van der Waals surface area (Å²) < 4.78 is 45.9. The normalized spacial score (nSPS) is 11.0. The Morgan fingerprint density at radius 2 is 1.80 bits per heavy atom. The average Bonchev–Trinajstić information content (AvgIpc) is 2.82. The third-order valence-electron chi connectivity index (χ3n) is 4.56. The fourth-order valence-corrected chi connectivity index (χ4v) is 3.89. The molecule has 6 nitrogen and oxygen atoms in total. The molecule has 0 aliphatic carbocycles. The van der Waals surface area contributed by atoms with Crippen LogP contribution in [-0.4, -0.2) is 29.2 Å². The molecule has 1 aromatic heterocycles. The lowest BCUT2D eigenvalue weighted by Crippen LogP contribution is -2.15. The monoisotopic (exact) mass is 519 g/mol. The lowest BCUT2D eigenvalue weighted by atomic mass is 10.1. The van der Waals surface area contributed by atoms with Gasteiger partial charge in [-0.2, -0.15) is 18.4 Å². The van der Waals surface area contributed by atoms with Gasteiger partial charge in [0.15, 0.2) is 0 Å². The molecule has 0 saturated heterocycles. The van der Waals surface area contributed by atoms with Crippen molar-refractivity contribution >= 4 is 40.9 Å². The summed E-state index contributed by atoms with van der Waals surface area (Å²) in [5.74, 6) is -1.34. The Morgan fingerprint density at radius 3 is 2.37 bits per heavy atom. The van der Waals surface area contributed by atoms with Gasteiger partial charge in [-0.05, 0) is 49.4 Å². The number of aromatic nitrogens is 1. The largest absolute Gasteiger partial charge is 0.462 e. The Morgan fingerprint density at radius 1 is 1.14 bits per heavy atom. The number of benzene rings is 2. The first kappa shape index (κ1) is 26.1. The van der Waals surface area contributed by atoms with Gasteiger partial charge in [0.1, 0.15) is 11.1 Å². The molecular formula is C24H17ClF3N3O3S. The maximum absolute atomic E-state index is 13.7. The number of halogens is 4. The van der Waals surface area contributed by atoms with E-state index in [9.17, 15) is 28.0 Å². The minimum absolute atomic E-state index is 0.00884. The molecule has 1 N–H and O–H groups in total. The minimum atomic E-state index is -4.80. The molecule has 0 fully saturated rings. The van der Waals surface area contributed by atoms with E-state index in [2.05, 4.69) is 10.3 Å². The number of thioether (sulfide) groups is 1. The van der Waals surface area contributed by atoms with Crippen LogP contribution in [-0.2, 0) is 15.7 Å². The highest BCUT2D eigenvalue weighted by Crippen LogP contribution is 2.38. The quantitative estimate of drug-likeness (QED) is 0.295. The van der Waals surface area contributed by atoms with Crippen LogP contribution in [0.1, 0.15) is 28.4 Å². The molecule has 0 radical (unpaired) electrons. The highest BCUT2D eigenvalue weighted by molar-refractivity contribution is 8.00. The molecule has 3 rings (SSSR count). The average molecular weight is 520 g/mol. The molecule has 180 valence electrons. The van der Waals surface area contributed by atoms with E-state index >= 15 is 0 Å². The number of nitrogens with one attached hydrogen (secondary N) is 1. The van der Waals surface area contributed by atoms with Crippen molar-refractivity contribution in [2.75, 3.05) is 17.7 Å². The molecule has 0 unspecified atom stereocenters. The maximum atomic E-state index is 13.7. The summed E-state index contributed by atoms with van der Waals surface area (Å²) in [5.41, 5.74) is -0.754. The van der Waals surface area contributed by atoms with Gasteiger partial charge in [-0.15, -0.1) is 0 Å². The third-order valence-corrected chi connectivity index (χ3v) is 5.79. The molecule has 1 heterocycles. The van der Waals surface area contributed by atoms with Crippen molar-refractivity contribution in [3.63, 3.8) is 0 Å². The lowest BCUT2D eigenvalue weighted by molar-refractivity contribution is -0.138. The number of nitrogens with zero attached hydrogens (tertiary/aromatic N) is 2. The second-order valence-electron chi connectivity index (χ2n) is 6.99. The fraction of sp³-hybridized carbons (Fsp3) is 0.167. The second-order valence-corrected chi connectivity index (χ2v) is 8.39. The number of nitriles is 1. The number of alkyl halides is 3. The van der Waals surface area contributed by atoms with E-state index in [-0.39, 0.29) is 23.1 Å². The van der Waals surface area contributed by atoms with Crippen LogP contribution in [0.2, 0.25) is 5.02 Å². The van der Waals surface area contributed by atoms with Gasteiger partial charge in [-0.25, -0.2) is 9.78 Å². The van der Waals surface area contributed by atoms with Gasteiger partial charge in [0, 0.05) is 16.3 Å². The summed E-state index contributed by atoms with van der Waals surface area (Å²) in [4.78, 5) is 28.3. The van der Waals surface area contributed by atoms with E-state index < -0.39 is 29.2 Å². The molecule has 0 aliphatic heterocycles. The number of ether oxygens (including phenoxy) is 1. The predicted molar refractivity (Wildman–Crippen MR) is 126 cm³/mol. The summed E-state index contributed by atoms with van der Waals surface area (Å²) in [7, 11) is 0. The zero-order valence-electron chi connectivity index (χ0n) is 18.1. The molecule has 11 heteroatoms. The number of pyridine rings is 1. The zero-order valence-corrected chi connectivity index (χ0v) is 19.7. The molecule has 0 saturated carbocycles. The van der Waals surface area contributed by atoms with E-state index in [0.29, 0.717) is 33.6 Å². The van der Waals surface area contributed by atoms with Crippen molar-refractivity contribution in [1.82, 2.24) is 4.98 Å². The van der Waals surface area contributed by atoms with Gasteiger partial charge in [-0.1, -0.05) is 35.5 Å². The van der Waals surface area contributed by atoms with Crippen LogP contribution >= 0.6 is 23.4 Å². The first-order chi connectivity index (χ1) is 16.6.